The Morgan fingerprint density at radius 1 is 1.23 bits per heavy atom. The van der Waals surface area contributed by atoms with Crippen molar-refractivity contribution in [3.63, 3.8) is 0 Å². The minimum Gasteiger partial charge on any atom is -0.489 e. The second kappa shape index (κ2) is 9.06. The zero-order chi connectivity index (χ0) is 17.8. The molecule has 0 saturated carbocycles. The van der Waals surface area contributed by atoms with Crippen LogP contribution in [-0.2, 0) is 6.61 Å². The molecule has 5 heteroatoms. The van der Waals surface area contributed by atoms with Crippen LogP contribution in [0.15, 0.2) is 48.5 Å². The molecule has 4 nitrogen and oxygen atoms in total. The number of hydrogen-bond donors (Lipinski definition) is 1. The fourth-order valence-corrected chi connectivity index (χ4v) is 3.45. The first kappa shape index (κ1) is 20.3. The van der Waals surface area contributed by atoms with Crippen LogP contribution in [0.3, 0.4) is 0 Å². The largest absolute Gasteiger partial charge is 0.489 e. The summed E-state index contributed by atoms with van der Waals surface area (Å²) >= 11 is 0. The van der Waals surface area contributed by atoms with Crippen LogP contribution in [0.5, 0.6) is 5.75 Å². The molecule has 2 aromatic carbocycles. The lowest BCUT2D eigenvalue weighted by Gasteiger charge is -2.22. The fraction of sp³-hybridized carbons (Fsp3) is 0.381. The molecule has 0 aliphatic carbocycles. The molecule has 3 rings (SSSR count). The van der Waals surface area contributed by atoms with Crippen molar-refractivity contribution >= 4 is 18.3 Å². The molecule has 2 atom stereocenters. The zero-order valence-electron chi connectivity index (χ0n) is 15.4. The zero-order valence-corrected chi connectivity index (χ0v) is 16.2. The third kappa shape index (κ3) is 4.77. The van der Waals surface area contributed by atoms with E-state index in [0.717, 1.165) is 24.3 Å². The van der Waals surface area contributed by atoms with Gasteiger partial charge in [0, 0.05) is 18.2 Å². The van der Waals surface area contributed by atoms with Crippen LogP contribution in [0.4, 0.5) is 0 Å². The Labute approximate surface area is 161 Å². The molecule has 2 N–H and O–H groups in total. The van der Waals surface area contributed by atoms with Crippen molar-refractivity contribution in [2.75, 3.05) is 13.1 Å². The second-order valence-electron chi connectivity index (χ2n) is 6.95. The number of likely N-dealkylation sites (tertiary alicyclic amines) is 1. The molecule has 0 bridgehead atoms. The fourth-order valence-electron chi connectivity index (χ4n) is 3.45. The number of rotatable bonds is 5. The van der Waals surface area contributed by atoms with Gasteiger partial charge < -0.3 is 15.4 Å². The number of ether oxygens (including phenoxy) is 1. The van der Waals surface area contributed by atoms with Gasteiger partial charge in [-0.25, -0.2) is 0 Å². The third-order valence-corrected chi connectivity index (χ3v) is 4.82. The van der Waals surface area contributed by atoms with Crippen LogP contribution in [0.2, 0.25) is 0 Å². The first-order chi connectivity index (χ1) is 12.1. The van der Waals surface area contributed by atoms with Crippen molar-refractivity contribution in [2.45, 2.75) is 32.9 Å². The Balaban J connectivity index is 0.00000243. The number of hydrogen-bond acceptors (Lipinski definition) is 3. The number of benzene rings is 2. The van der Waals surface area contributed by atoms with E-state index < -0.39 is 0 Å². The van der Waals surface area contributed by atoms with Crippen molar-refractivity contribution < 1.29 is 9.53 Å². The Morgan fingerprint density at radius 2 is 2.00 bits per heavy atom. The van der Waals surface area contributed by atoms with Gasteiger partial charge in [-0.05, 0) is 56.5 Å². The maximum absolute atomic E-state index is 12.8. The Bertz CT molecular complexity index is 750. The van der Waals surface area contributed by atoms with Crippen LogP contribution in [-0.4, -0.2) is 29.9 Å². The quantitative estimate of drug-likeness (QED) is 0.865. The Morgan fingerprint density at radius 3 is 2.69 bits per heavy atom. The predicted molar refractivity (Wildman–Crippen MR) is 107 cm³/mol. The Hall–Kier alpha value is -2.04. The van der Waals surface area contributed by atoms with Gasteiger partial charge in [0.15, 0.2) is 0 Å². The monoisotopic (exact) mass is 374 g/mol. The number of carbonyl (C=O) groups is 1. The van der Waals surface area contributed by atoms with Crippen molar-refractivity contribution in [3.8, 4) is 5.75 Å². The summed E-state index contributed by atoms with van der Waals surface area (Å²) in [6, 6.07) is 15.9. The van der Waals surface area contributed by atoms with Gasteiger partial charge in [0.25, 0.3) is 5.91 Å². The first-order valence-corrected chi connectivity index (χ1v) is 8.86. The van der Waals surface area contributed by atoms with Gasteiger partial charge >= 0.3 is 0 Å². The summed E-state index contributed by atoms with van der Waals surface area (Å²) in [5.41, 5.74) is 8.77. The molecule has 2 unspecified atom stereocenters. The maximum Gasteiger partial charge on any atom is 0.254 e. The topological polar surface area (TPSA) is 55.6 Å². The smallest absolute Gasteiger partial charge is 0.254 e. The molecule has 1 heterocycles. The van der Waals surface area contributed by atoms with Crippen molar-refractivity contribution in [3.05, 3.63) is 65.2 Å². The lowest BCUT2D eigenvalue weighted by atomic mass is 10.1. The lowest BCUT2D eigenvalue weighted by Crippen LogP contribution is -2.34. The molecule has 2 aromatic rings. The van der Waals surface area contributed by atoms with Crippen LogP contribution >= 0.6 is 12.4 Å². The average Bonchev–Trinajstić information content (AvgIpc) is 3.00. The van der Waals surface area contributed by atoms with E-state index in [-0.39, 0.29) is 24.4 Å². The second-order valence-corrected chi connectivity index (χ2v) is 6.95. The highest BCUT2D eigenvalue weighted by atomic mass is 35.5. The lowest BCUT2D eigenvalue weighted by molar-refractivity contribution is 0.0743. The van der Waals surface area contributed by atoms with Crippen LogP contribution in [0.1, 0.15) is 34.8 Å². The number of nitrogens with two attached hydrogens (primary N) is 1. The maximum atomic E-state index is 12.8. The highest BCUT2D eigenvalue weighted by Crippen LogP contribution is 2.25. The SMILES string of the molecule is Cc1cccc(COc2cccc(C(=O)N3CC(CN)CC3C)c2)c1.Cl. The summed E-state index contributed by atoms with van der Waals surface area (Å²) in [4.78, 5) is 14.7. The predicted octanol–water partition coefficient (Wildman–Crippen LogP) is 3.81. The number of amides is 1. The molecule has 0 radical (unpaired) electrons. The van der Waals surface area contributed by atoms with Crippen LogP contribution in [0, 0.1) is 12.8 Å². The summed E-state index contributed by atoms with van der Waals surface area (Å²) in [6.45, 7) is 6.02. The normalized spacial score (nSPS) is 19.1. The van der Waals surface area contributed by atoms with Crippen molar-refractivity contribution in [1.29, 1.82) is 0 Å². The molecule has 0 aromatic heterocycles. The summed E-state index contributed by atoms with van der Waals surface area (Å²) in [7, 11) is 0. The van der Waals surface area contributed by atoms with E-state index in [9.17, 15) is 4.79 Å². The molecule has 1 aliphatic heterocycles. The molecule has 26 heavy (non-hydrogen) atoms. The highest BCUT2D eigenvalue weighted by molar-refractivity contribution is 5.95. The van der Waals surface area contributed by atoms with Gasteiger partial charge in [-0.15, -0.1) is 12.4 Å². The molecule has 1 fully saturated rings. The van der Waals surface area contributed by atoms with Crippen LogP contribution in [0.25, 0.3) is 0 Å². The molecule has 1 saturated heterocycles. The van der Waals surface area contributed by atoms with Gasteiger partial charge in [0.2, 0.25) is 0 Å². The minimum atomic E-state index is 0. The van der Waals surface area contributed by atoms with Gasteiger partial charge in [-0.3, -0.25) is 4.79 Å². The first-order valence-electron chi connectivity index (χ1n) is 8.86. The summed E-state index contributed by atoms with van der Waals surface area (Å²) < 4.78 is 5.88. The summed E-state index contributed by atoms with van der Waals surface area (Å²) in [6.07, 6.45) is 0.978. The number of nitrogens with zero attached hydrogens (tertiary/aromatic N) is 1. The Kier molecular flexibility index (Phi) is 7.06. The molecule has 1 aliphatic rings. The van der Waals surface area contributed by atoms with Gasteiger partial charge in [0.1, 0.15) is 12.4 Å². The van der Waals surface area contributed by atoms with Gasteiger partial charge in [-0.2, -0.15) is 0 Å². The number of carbonyl (C=O) groups excluding carboxylic acids is 1. The molecule has 0 spiro atoms. The van der Waals surface area contributed by atoms with E-state index >= 15 is 0 Å². The van der Waals surface area contributed by atoms with E-state index in [1.165, 1.54) is 5.56 Å². The minimum absolute atomic E-state index is 0. The van der Waals surface area contributed by atoms with E-state index in [1.807, 2.05) is 41.3 Å². The van der Waals surface area contributed by atoms with E-state index in [0.29, 0.717) is 24.6 Å². The highest BCUT2D eigenvalue weighted by Gasteiger charge is 2.32. The number of halogens is 1. The van der Waals surface area contributed by atoms with Crippen LogP contribution < -0.4 is 10.5 Å². The average molecular weight is 375 g/mol. The number of aryl methyl sites for hydroxylation is 1. The molecule has 140 valence electrons. The van der Waals surface area contributed by atoms with Crippen molar-refractivity contribution in [1.82, 2.24) is 4.90 Å². The van der Waals surface area contributed by atoms with Gasteiger partial charge in [0.05, 0.1) is 0 Å². The third-order valence-electron chi connectivity index (χ3n) is 4.82. The van der Waals surface area contributed by atoms with Crippen molar-refractivity contribution in [2.24, 2.45) is 11.7 Å². The standard InChI is InChI=1S/C21H26N2O2.ClH/c1-15-5-3-6-17(9-15)14-25-20-8-4-7-19(11-20)21(24)23-13-18(12-22)10-16(23)2;/h3-9,11,16,18H,10,12-14,22H2,1-2H3;1H. The molecular formula is C21H27ClN2O2. The van der Waals surface area contributed by atoms with E-state index in [2.05, 4.69) is 26.0 Å². The van der Waals surface area contributed by atoms with E-state index in [1.54, 1.807) is 0 Å². The van der Waals surface area contributed by atoms with E-state index in [4.69, 9.17) is 10.5 Å². The molecular weight excluding hydrogens is 348 g/mol. The van der Waals surface area contributed by atoms with Gasteiger partial charge in [-0.1, -0.05) is 35.9 Å². The summed E-state index contributed by atoms with van der Waals surface area (Å²) in [5.74, 6) is 1.18. The summed E-state index contributed by atoms with van der Waals surface area (Å²) in [5, 5.41) is 0. The molecule has 1 amide bonds.